The van der Waals surface area contributed by atoms with E-state index in [1.807, 2.05) is 0 Å². The Kier molecular flexibility index (Phi) is 10.2. The van der Waals surface area contributed by atoms with Crippen molar-refractivity contribution >= 4 is 0 Å². The van der Waals surface area contributed by atoms with E-state index in [0.29, 0.717) is 0 Å². The van der Waals surface area contributed by atoms with E-state index < -0.39 is 0 Å². The quantitative estimate of drug-likeness (QED) is 0.410. The molecule has 0 aromatic heterocycles. The summed E-state index contributed by atoms with van der Waals surface area (Å²) in [7, 11) is 0. The Morgan fingerprint density at radius 1 is 1.06 bits per heavy atom. The lowest BCUT2D eigenvalue weighted by molar-refractivity contribution is -0.162. The Morgan fingerprint density at radius 2 is 1.89 bits per heavy atom. The summed E-state index contributed by atoms with van der Waals surface area (Å²) < 4.78 is 11.2. The first-order chi connectivity index (χ1) is 8.93. The predicted octanol–water partition coefficient (Wildman–Crippen LogP) is 4.84. The van der Waals surface area contributed by atoms with Crippen LogP contribution < -0.4 is 0 Å². The van der Waals surface area contributed by atoms with Crippen molar-refractivity contribution in [3.05, 3.63) is 12.2 Å². The van der Waals surface area contributed by atoms with Gasteiger partial charge in [-0.25, -0.2) is 0 Å². The molecule has 0 radical (unpaired) electrons. The molecule has 0 aromatic rings. The predicted molar refractivity (Wildman–Crippen MR) is 76.7 cm³/mol. The number of unbranched alkanes of at least 4 members (excludes halogenated alkanes) is 5. The van der Waals surface area contributed by atoms with Crippen LogP contribution >= 0.6 is 0 Å². The van der Waals surface area contributed by atoms with Crippen LogP contribution in [0.2, 0.25) is 0 Å². The second kappa shape index (κ2) is 11.7. The van der Waals surface area contributed by atoms with E-state index in [1.54, 1.807) is 0 Å². The molecule has 1 rings (SSSR count). The minimum Gasteiger partial charge on any atom is -0.353 e. The standard InChI is InChI=1S/C16H30O2/c1-2-3-4-5-6-7-8-9-11-14-17-16-13-10-12-15-18-16/h3-4,16H,2,5-15H2,1H3/b4-3+. The van der Waals surface area contributed by atoms with Gasteiger partial charge < -0.3 is 9.47 Å². The average molecular weight is 254 g/mol. The molecular weight excluding hydrogens is 224 g/mol. The van der Waals surface area contributed by atoms with Crippen LogP contribution in [-0.2, 0) is 9.47 Å². The zero-order chi connectivity index (χ0) is 12.9. The lowest BCUT2D eigenvalue weighted by Gasteiger charge is -2.22. The molecule has 0 spiro atoms. The summed E-state index contributed by atoms with van der Waals surface area (Å²) in [5.74, 6) is 0. The van der Waals surface area contributed by atoms with Crippen molar-refractivity contribution in [3.8, 4) is 0 Å². The molecule has 0 saturated carbocycles. The molecule has 106 valence electrons. The Hall–Kier alpha value is -0.340. The molecule has 18 heavy (non-hydrogen) atoms. The SMILES string of the molecule is CC/C=C/CCCCCCCOC1CCCCO1. The van der Waals surface area contributed by atoms with Crippen LogP contribution in [0, 0.1) is 0 Å². The Bertz CT molecular complexity index is 195. The molecule has 2 nitrogen and oxygen atoms in total. The topological polar surface area (TPSA) is 18.5 Å². The van der Waals surface area contributed by atoms with Gasteiger partial charge >= 0.3 is 0 Å². The van der Waals surface area contributed by atoms with E-state index in [9.17, 15) is 0 Å². The van der Waals surface area contributed by atoms with Gasteiger partial charge in [0.05, 0.1) is 0 Å². The summed E-state index contributed by atoms with van der Waals surface area (Å²) in [5.41, 5.74) is 0. The fraction of sp³-hybridized carbons (Fsp3) is 0.875. The van der Waals surface area contributed by atoms with Crippen LogP contribution in [0.4, 0.5) is 0 Å². The second-order valence-corrected chi connectivity index (χ2v) is 5.10. The molecule has 0 aliphatic carbocycles. The van der Waals surface area contributed by atoms with Crippen molar-refractivity contribution in [2.45, 2.75) is 77.4 Å². The molecule has 1 heterocycles. The monoisotopic (exact) mass is 254 g/mol. The third-order valence-corrected chi connectivity index (χ3v) is 3.36. The molecule has 0 N–H and O–H groups in total. The molecule has 2 heteroatoms. The van der Waals surface area contributed by atoms with E-state index in [0.717, 1.165) is 19.6 Å². The van der Waals surface area contributed by atoms with Crippen molar-refractivity contribution < 1.29 is 9.47 Å². The van der Waals surface area contributed by atoms with Gasteiger partial charge in [0.15, 0.2) is 6.29 Å². The summed E-state index contributed by atoms with van der Waals surface area (Å²) in [6.45, 7) is 3.95. The van der Waals surface area contributed by atoms with Crippen LogP contribution in [0.15, 0.2) is 12.2 Å². The highest BCUT2D eigenvalue weighted by atomic mass is 16.7. The lowest BCUT2D eigenvalue weighted by Crippen LogP contribution is -2.22. The van der Waals surface area contributed by atoms with Crippen molar-refractivity contribution in [2.75, 3.05) is 13.2 Å². The fourth-order valence-electron chi connectivity index (χ4n) is 2.24. The van der Waals surface area contributed by atoms with Crippen LogP contribution in [0.5, 0.6) is 0 Å². The highest BCUT2D eigenvalue weighted by Gasteiger charge is 2.12. The summed E-state index contributed by atoms with van der Waals surface area (Å²) in [6, 6.07) is 0. The normalized spacial score (nSPS) is 20.6. The molecule has 0 aromatic carbocycles. The number of rotatable bonds is 10. The minimum absolute atomic E-state index is 0.0953. The third-order valence-electron chi connectivity index (χ3n) is 3.36. The number of hydrogen-bond donors (Lipinski definition) is 0. The molecule has 1 fully saturated rings. The van der Waals surface area contributed by atoms with Gasteiger partial charge in [0, 0.05) is 13.2 Å². The first kappa shape index (κ1) is 15.7. The van der Waals surface area contributed by atoms with Gasteiger partial charge in [-0.1, -0.05) is 38.3 Å². The van der Waals surface area contributed by atoms with Crippen LogP contribution in [-0.4, -0.2) is 19.5 Å². The molecule has 0 amide bonds. The summed E-state index contributed by atoms with van der Waals surface area (Å²) in [6.07, 6.45) is 17.1. The summed E-state index contributed by atoms with van der Waals surface area (Å²) in [5, 5.41) is 0. The lowest BCUT2D eigenvalue weighted by atomic mass is 10.1. The van der Waals surface area contributed by atoms with Gasteiger partial charge in [0.1, 0.15) is 0 Å². The zero-order valence-corrected chi connectivity index (χ0v) is 12.0. The van der Waals surface area contributed by atoms with Crippen LogP contribution in [0.25, 0.3) is 0 Å². The molecule has 0 bridgehead atoms. The minimum atomic E-state index is 0.0953. The Morgan fingerprint density at radius 3 is 2.67 bits per heavy atom. The van der Waals surface area contributed by atoms with Gasteiger partial charge in [-0.2, -0.15) is 0 Å². The smallest absolute Gasteiger partial charge is 0.157 e. The van der Waals surface area contributed by atoms with Crippen molar-refractivity contribution in [2.24, 2.45) is 0 Å². The van der Waals surface area contributed by atoms with Crippen LogP contribution in [0.1, 0.15) is 71.1 Å². The van der Waals surface area contributed by atoms with E-state index in [1.165, 1.54) is 57.8 Å². The molecule has 1 aliphatic rings. The van der Waals surface area contributed by atoms with Crippen molar-refractivity contribution in [1.29, 1.82) is 0 Å². The molecule has 1 unspecified atom stereocenters. The first-order valence-electron chi connectivity index (χ1n) is 7.81. The molecule has 1 aliphatic heterocycles. The van der Waals surface area contributed by atoms with Gasteiger partial charge in [-0.05, 0) is 44.9 Å². The van der Waals surface area contributed by atoms with Gasteiger partial charge in [0.25, 0.3) is 0 Å². The molecule has 1 atom stereocenters. The number of allylic oxidation sites excluding steroid dienone is 2. The highest BCUT2D eigenvalue weighted by molar-refractivity contribution is 4.79. The van der Waals surface area contributed by atoms with Crippen LogP contribution in [0.3, 0.4) is 0 Å². The van der Waals surface area contributed by atoms with Gasteiger partial charge in [-0.15, -0.1) is 0 Å². The molecule has 1 saturated heterocycles. The summed E-state index contributed by atoms with van der Waals surface area (Å²) >= 11 is 0. The Labute approximate surface area is 113 Å². The third kappa shape index (κ3) is 8.71. The van der Waals surface area contributed by atoms with E-state index in [4.69, 9.17) is 9.47 Å². The average Bonchev–Trinajstić information content (AvgIpc) is 2.42. The second-order valence-electron chi connectivity index (χ2n) is 5.10. The maximum absolute atomic E-state index is 5.71. The maximum Gasteiger partial charge on any atom is 0.157 e. The zero-order valence-electron chi connectivity index (χ0n) is 12.0. The number of hydrogen-bond acceptors (Lipinski definition) is 2. The largest absolute Gasteiger partial charge is 0.353 e. The van der Waals surface area contributed by atoms with Crippen molar-refractivity contribution in [1.82, 2.24) is 0 Å². The summed E-state index contributed by atoms with van der Waals surface area (Å²) in [4.78, 5) is 0. The first-order valence-corrected chi connectivity index (χ1v) is 7.81. The van der Waals surface area contributed by atoms with E-state index >= 15 is 0 Å². The van der Waals surface area contributed by atoms with Gasteiger partial charge in [0.2, 0.25) is 0 Å². The maximum atomic E-state index is 5.71. The van der Waals surface area contributed by atoms with E-state index in [-0.39, 0.29) is 6.29 Å². The Balaban J connectivity index is 1.76. The van der Waals surface area contributed by atoms with Gasteiger partial charge in [-0.3, -0.25) is 0 Å². The highest BCUT2D eigenvalue weighted by Crippen LogP contribution is 2.14. The van der Waals surface area contributed by atoms with E-state index in [2.05, 4.69) is 19.1 Å². The number of ether oxygens (including phenoxy) is 2. The fourth-order valence-corrected chi connectivity index (χ4v) is 2.24. The molecular formula is C16H30O2. The van der Waals surface area contributed by atoms with Crippen molar-refractivity contribution in [3.63, 3.8) is 0 Å².